The van der Waals surface area contributed by atoms with E-state index in [1.54, 1.807) is 16.8 Å². The minimum atomic E-state index is -0.333. The Labute approximate surface area is 169 Å². The van der Waals surface area contributed by atoms with Gasteiger partial charge in [-0.3, -0.25) is 9.59 Å². The Bertz CT molecular complexity index is 957. The third kappa shape index (κ3) is 4.56. The van der Waals surface area contributed by atoms with Gasteiger partial charge in [-0.1, -0.05) is 31.0 Å². The van der Waals surface area contributed by atoms with Gasteiger partial charge in [-0.2, -0.15) is 5.10 Å². The lowest BCUT2D eigenvalue weighted by atomic mass is 10.0. The highest BCUT2D eigenvalue weighted by atomic mass is 16.3. The fourth-order valence-electron chi connectivity index (χ4n) is 3.67. The fraction of sp³-hybridized carbons (Fsp3) is 0.318. The zero-order valence-electron chi connectivity index (χ0n) is 16.1. The van der Waals surface area contributed by atoms with Crippen LogP contribution in [0.15, 0.2) is 59.2 Å². The lowest BCUT2D eigenvalue weighted by Gasteiger charge is -2.09. The monoisotopic (exact) mass is 392 g/mol. The Hall–Kier alpha value is -3.35. The van der Waals surface area contributed by atoms with Crippen LogP contribution in [0.5, 0.6) is 0 Å². The molecular formula is C22H24N4O3. The lowest BCUT2D eigenvalue weighted by Crippen LogP contribution is -2.27. The highest BCUT2D eigenvalue weighted by Crippen LogP contribution is 2.35. The predicted molar refractivity (Wildman–Crippen MR) is 109 cm³/mol. The van der Waals surface area contributed by atoms with Crippen LogP contribution < -0.4 is 10.6 Å². The first-order chi connectivity index (χ1) is 14.2. The molecule has 1 aliphatic carbocycles. The zero-order chi connectivity index (χ0) is 20.1. The molecule has 2 heterocycles. The molecule has 0 saturated heterocycles. The van der Waals surface area contributed by atoms with Gasteiger partial charge in [0.1, 0.15) is 5.82 Å². The molecule has 29 heavy (non-hydrogen) atoms. The van der Waals surface area contributed by atoms with Gasteiger partial charge in [0.05, 0.1) is 17.6 Å². The number of rotatable bonds is 7. The van der Waals surface area contributed by atoms with E-state index in [-0.39, 0.29) is 30.5 Å². The first kappa shape index (κ1) is 19.0. The second-order valence-corrected chi connectivity index (χ2v) is 7.21. The van der Waals surface area contributed by atoms with E-state index >= 15 is 0 Å². The van der Waals surface area contributed by atoms with Crippen LogP contribution >= 0.6 is 0 Å². The largest absolute Gasteiger partial charge is 0.459 e. The molecule has 0 bridgehead atoms. The van der Waals surface area contributed by atoms with Crippen molar-refractivity contribution in [1.29, 1.82) is 0 Å². The number of nitrogens with one attached hydrogen (secondary N) is 2. The summed E-state index contributed by atoms with van der Waals surface area (Å²) in [5.74, 6) is 0.817. The first-order valence-electron chi connectivity index (χ1n) is 9.97. The Balaban J connectivity index is 1.42. The van der Waals surface area contributed by atoms with Crippen LogP contribution in [-0.2, 0) is 4.79 Å². The van der Waals surface area contributed by atoms with Crippen LogP contribution in [0.1, 0.15) is 54.3 Å². The Morgan fingerprint density at radius 2 is 1.90 bits per heavy atom. The number of furan rings is 1. The Kier molecular flexibility index (Phi) is 5.74. The molecule has 7 heteroatoms. The van der Waals surface area contributed by atoms with E-state index in [2.05, 4.69) is 10.6 Å². The summed E-state index contributed by atoms with van der Waals surface area (Å²) in [7, 11) is 0. The maximum atomic E-state index is 12.5. The molecule has 2 aromatic heterocycles. The zero-order valence-corrected chi connectivity index (χ0v) is 16.1. The van der Waals surface area contributed by atoms with Crippen LogP contribution in [0.2, 0.25) is 0 Å². The molecule has 150 valence electrons. The van der Waals surface area contributed by atoms with E-state index in [1.165, 1.54) is 19.1 Å². The molecule has 0 spiro atoms. The number of hydrogen-bond donors (Lipinski definition) is 2. The molecule has 2 amide bonds. The molecule has 0 atom stereocenters. The Morgan fingerprint density at radius 1 is 1.10 bits per heavy atom. The van der Waals surface area contributed by atoms with Crippen molar-refractivity contribution in [2.45, 2.75) is 38.0 Å². The highest BCUT2D eigenvalue weighted by Gasteiger charge is 2.22. The lowest BCUT2D eigenvalue weighted by molar-refractivity contribution is -0.116. The van der Waals surface area contributed by atoms with Gasteiger partial charge < -0.3 is 15.1 Å². The number of nitrogens with zero attached hydrogens (tertiary/aromatic N) is 2. The molecule has 0 radical (unpaired) electrons. The molecule has 1 fully saturated rings. The summed E-state index contributed by atoms with van der Waals surface area (Å²) >= 11 is 0. The van der Waals surface area contributed by atoms with Gasteiger partial charge >= 0.3 is 0 Å². The van der Waals surface area contributed by atoms with Gasteiger partial charge in [-0.15, -0.1) is 0 Å². The molecule has 7 nitrogen and oxygen atoms in total. The van der Waals surface area contributed by atoms with Crippen molar-refractivity contribution in [1.82, 2.24) is 15.1 Å². The molecule has 4 rings (SSSR count). The molecule has 1 aromatic carbocycles. The second kappa shape index (κ2) is 8.77. The van der Waals surface area contributed by atoms with Crippen molar-refractivity contribution in [3.8, 4) is 5.69 Å². The number of anilines is 1. The number of amides is 2. The predicted octanol–water partition coefficient (Wildman–Crippen LogP) is 3.88. The third-order valence-corrected chi connectivity index (χ3v) is 5.15. The van der Waals surface area contributed by atoms with Crippen LogP contribution in [0.4, 0.5) is 5.82 Å². The fourth-order valence-corrected chi connectivity index (χ4v) is 3.67. The number of aromatic nitrogens is 2. The molecular weight excluding hydrogens is 368 g/mol. The molecule has 0 unspecified atom stereocenters. The summed E-state index contributed by atoms with van der Waals surface area (Å²) in [6, 6.07) is 15.0. The number of carbonyl (C=O) groups excluding carboxylic acids is 2. The van der Waals surface area contributed by atoms with Crippen LogP contribution in [0, 0.1) is 0 Å². The van der Waals surface area contributed by atoms with Crippen molar-refractivity contribution in [2.75, 3.05) is 11.9 Å². The summed E-state index contributed by atoms with van der Waals surface area (Å²) in [6.07, 6.45) is 6.31. The summed E-state index contributed by atoms with van der Waals surface area (Å²) in [4.78, 5) is 24.4. The summed E-state index contributed by atoms with van der Waals surface area (Å²) in [5.41, 5.74) is 1.92. The van der Waals surface area contributed by atoms with Crippen molar-refractivity contribution >= 4 is 17.6 Å². The number of carbonyl (C=O) groups is 2. The van der Waals surface area contributed by atoms with Gasteiger partial charge in [0.2, 0.25) is 5.91 Å². The van der Waals surface area contributed by atoms with Crippen LogP contribution in [-0.4, -0.2) is 28.1 Å². The maximum Gasteiger partial charge on any atom is 0.286 e. The van der Waals surface area contributed by atoms with Crippen LogP contribution in [0.25, 0.3) is 5.69 Å². The minimum Gasteiger partial charge on any atom is -0.459 e. The van der Waals surface area contributed by atoms with Crippen molar-refractivity contribution in [3.05, 3.63) is 66.2 Å². The van der Waals surface area contributed by atoms with E-state index in [9.17, 15) is 9.59 Å². The Morgan fingerprint density at radius 3 is 2.62 bits per heavy atom. The molecule has 0 aliphatic heterocycles. The molecule has 2 N–H and O–H groups in total. The minimum absolute atomic E-state index is 0.158. The number of benzene rings is 1. The van der Waals surface area contributed by atoms with Gasteiger partial charge in [-0.05, 0) is 37.1 Å². The van der Waals surface area contributed by atoms with E-state index in [1.807, 2.05) is 36.4 Å². The molecule has 3 aromatic rings. The smallest absolute Gasteiger partial charge is 0.286 e. The maximum absolute atomic E-state index is 12.5. The topological polar surface area (TPSA) is 89.2 Å². The number of para-hydroxylation sites is 1. The summed E-state index contributed by atoms with van der Waals surface area (Å²) < 4.78 is 6.83. The summed E-state index contributed by atoms with van der Waals surface area (Å²) in [5, 5.41) is 10.4. The molecule has 1 aliphatic rings. The van der Waals surface area contributed by atoms with Gasteiger partial charge in [0, 0.05) is 24.9 Å². The van der Waals surface area contributed by atoms with Gasteiger partial charge in [0.25, 0.3) is 5.91 Å². The average Bonchev–Trinajstić information content (AvgIpc) is 3.49. The molecule has 1 saturated carbocycles. The van der Waals surface area contributed by atoms with E-state index in [0.29, 0.717) is 11.7 Å². The second-order valence-electron chi connectivity index (χ2n) is 7.21. The summed E-state index contributed by atoms with van der Waals surface area (Å²) in [6.45, 7) is 0.223. The number of hydrogen-bond acceptors (Lipinski definition) is 4. The van der Waals surface area contributed by atoms with E-state index in [4.69, 9.17) is 9.52 Å². The van der Waals surface area contributed by atoms with Crippen molar-refractivity contribution in [3.63, 3.8) is 0 Å². The standard InChI is InChI=1S/C22H24N4O3/c27-21(12-13-23-22(28)19-11-6-14-29-19)24-20-15-18(16-7-4-5-8-16)25-26(20)17-9-2-1-3-10-17/h1-3,6,9-11,14-16H,4-5,7-8,12-13H2,(H,23,28)(H,24,27). The highest BCUT2D eigenvalue weighted by molar-refractivity contribution is 5.93. The quantitative estimate of drug-likeness (QED) is 0.639. The first-order valence-corrected chi connectivity index (χ1v) is 9.97. The van der Waals surface area contributed by atoms with Crippen molar-refractivity contribution in [2.24, 2.45) is 0 Å². The third-order valence-electron chi connectivity index (χ3n) is 5.15. The van der Waals surface area contributed by atoms with Crippen molar-refractivity contribution < 1.29 is 14.0 Å². The van der Waals surface area contributed by atoms with Crippen LogP contribution in [0.3, 0.4) is 0 Å². The van der Waals surface area contributed by atoms with Gasteiger partial charge in [0.15, 0.2) is 5.76 Å². The normalized spacial score (nSPS) is 14.1. The average molecular weight is 392 g/mol. The SMILES string of the molecule is O=C(CCNC(=O)c1ccco1)Nc1cc(C2CCCC2)nn1-c1ccccc1. The van der Waals surface area contributed by atoms with E-state index < -0.39 is 0 Å². The van der Waals surface area contributed by atoms with E-state index in [0.717, 1.165) is 24.2 Å². The van der Waals surface area contributed by atoms with Gasteiger partial charge in [-0.25, -0.2) is 4.68 Å².